The lowest BCUT2D eigenvalue weighted by molar-refractivity contribution is -0.123. The molecule has 2 aromatic rings. The lowest BCUT2D eigenvalue weighted by Gasteiger charge is -2.09. The Labute approximate surface area is 144 Å². The lowest BCUT2D eigenvalue weighted by atomic mass is 10.2. The largest absolute Gasteiger partial charge is 0.484 e. The number of hydrogen-bond acceptors (Lipinski definition) is 4. The zero-order chi connectivity index (χ0) is 17.4. The van der Waals surface area contributed by atoms with Gasteiger partial charge in [0.25, 0.3) is 5.91 Å². The van der Waals surface area contributed by atoms with Crippen LogP contribution in [0, 0.1) is 0 Å². The van der Waals surface area contributed by atoms with Crippen molar-refractivity contribution in [2.24, 2.45) is 0 Å². The predicted molar refractivity (Wildman–Crippen MR) is 91.3 cm³/mol. The number of benzene rings is 2. The number of hydrogen-bond donors (Lipinski definition) is 2. The van der Waals surface area contributed by atoms with Crippen LogP contribution in [-0.4, -0.2) is 25.7 Å². The Morgan fingerprint density at radius 1 is 1.12 bits per heavy atom. The number of rotatable bonds is 6. The van der Waals surface area contributed by atoms with Gasteiger partial charge in [0.2, 0.25) is 0 Å². The summed E-state index contributed by atoms with van der Waals surface area (Å²) in [5.41, 5.74) is 1.48. The maximum atomic E-state index is 11.8. The van der Waals surface area contributed by atoms with Crippen LogP contribution < -0.4 is 15.4 Å². The molecule has 0 spiro atoms. The second-order valence-corrected chi connectivity index (χ2v) is 5.27. The Bertz CT molecular complexity index is 704. The molecule has 2 N–H and O–H groups in total. The molecule has 0 aliphatic heterocycles. The van der Waals surface area contributed by atoms with Gasteiger partial charge in [-0.05, 0) is 42.0 Å². The molecular weight excluding hydrogens is 332 g/mol. The van der Waals surface area contributed by atoms with Gasteiger partial charge in [-0.3, -0.25) is 10.1 Å². The van der Waals surface area contributed by atoms with Crippen LogP contribution >= 0.6 is 11.6 Å². The minimum Gasteiger partial charge on any atom is -0.484 e. The molecule has 0 saturated carbocycles. The molecule has 0 saturated heterocycles. The van der Waals surface area contributed by atoms with Gasteiger partial charge < -0.3 is 14.8 Å². The van der Waals surface area contributed by atoms with Crippen LogP contribution in [0.5, 0.6) is 5.75 Å². The first-order valence-electron chi connectivity index (χ1n) is 7.16. The van der Waals surface area contributed by atoms with E-state index in [2.05, 4.69) is 15.4 Å². The van der Waals surface area contributed by atoms with Crippen molar-refractivity contribution in [3.8, 4) is 5.75 Å². The third kappa shape index (κ3) is 5.81. The van der Waals surface area contributed by atoms with Gasteiger partial charge in [0, 0.05) is 17.3 Å². The van der Waals surface area contributed by atoms with E-state index in [0.29, 0.717) is 23.0 Å². The van der Waals surface area contributed by atoms with E-state index in [1.54, 1.807) is 36.4 Å². The molecule has 0 heterocycles. The Hall–Kier alpha value is -2.73. The van der Waals surface area contributed by atoms with E-state index in [-0.39, 0.29) is 12.5 Å². The number of carbonyl (C=O) groups excluding carboxylic acids is 2. The monoisotopic (exact) mass is 348 g/mol. The molecule has 0 aliphatic carbocycles. The molecule has 2 aromatic carbocycles. The van der Waals surface area contributed by atoms with Crippen molar-refractivity contribution in [2.45, 2.75) is 6.54 Å². The fourth-order valence-electron chi connectivity index (χ4n) is 1.85. The molecule has 126 valence electrons. The first-order chi connectivity index (χ1) is 11.6. The molecule has 0 atom stereocenters. The van der Waals surface area contributed by atoms with E-state index in [9.17, 15) is 9.59 Å². The summed E-state index contributed by atoms with van der Waals surface area (Å²) in [6, 6.07) is 13.9. The topological polar surface area (TPSA) is 76.7 Å². The first kappa shape index (κ1) is 17.6. The van der Waals surface area contributed by atoms with E-state index < -0.39 is 6.09 Å². The fraction of sp³-hybridized carbons (Fsp3) is 0.176. The van der Waals surface area contributed by atoms with E-state index in [0.717, 1.165) is 5.56 Å². The summed E-state index contributed by atoms with van der Waals surface area (Å²) < 4.78 is 9.88. The summed E-state index contributed by atoms with van der Waals surface area (Å²) in [5.74, 6) is 0.273. The quantitative estimate of drug-likeness (QED) is 0.840. The van der Waals surface area contributed by atoms with Crippen molar-refractivity contribution in [3.63, 3.8) is 0 Å². The SMILES string of the molecule is COC(=O)Nc1ccc(OCC(=O)NCc2cccc(Cl)c2)cc1. The van der Waals surface area contributed by atoms with Gasteiger partial charge in [0.1, 0.15) is 5.75 Å². The minimum absolute atomic E-state index is 0.107. The van der Waals surface area contributed by atoms with Crippen molar-refractivity contribution >= 4 is 29.3 Å². The Balaban J connectivity index is 1.76. The highest BCUT2D eigenvalue weighted by Crippen LogP contribution is 2.15. The normalized spacial score (nSPS) is 9.92. The summed E-state index contributed by atoms with van der Waals surface area (Å²) in [4.78, 5) is 22.8. The Morgan fingerprint density at radius 2 is 1.88 bits per heavy atom. The zero-order valence-electron chi connectivity index (χ0n) is 13.0. The van der Waals surface area contributed by atoms with Crippen molar-refractivity contribution in [2.75, 3.05) is 19.0 Å². The van der Waals surface area contributed by atoms with Gasteiger partial charge in [-0.15, -0.1) is 0 Å². The highest BCUT2D eigenvalue weighted by atomic mass is 35.5. The van der Waals surface area contributed by atoms with Crippen LogP contribution in [0.15, 0.2) is 48.5 Å². The molecule has 0 aliphatic rings. The van der Waals surface area contributed by atoms with E-state index in [4.69, 9.17) is 16.3 Å². The molecule has 6 nitrogen and oxygen atoms in total. The van der Waals surface area contributed by atoms with Crippen LogP contribution in [0.3, 0.4) is 0 Å². The molecular formula is C17H17ClN2O4. The van der Waals surface area contributed by atoms with Gasteiger partial charge in [0.15, 0.2) is 6.61 Å². The van der Waals surface area contributed by atoms with Gasteiger partial charge in [0.05, 0.1) is 7.11 Å². The minimum atomic E-state index is -0.552. The molecule has 7 heteroatoms. The molecule has 2 amide bonds. The Kier molecular flexibility index (Phi) is 6.45. The number of nitrogens with one attached hydrogen (secondary N) is 2. The second kappa shape index (κ2) is 8.79. The molecule has 0 bridgehead atoms. The number of anilines is 1. The van der Waals surface area contributed by atoms with Crippen molar-refractivity contribution < 1.29 is 19.1 Å². The highest BCUT2D eigenvalue weighted by molar-refractivity contribution is 6.30. The van der Waals surface area contributed by atoms with Gasteiger partial charge >= 0.3 is 6.09 Å². The smallest absolute Gasteiger partial charge is 0.411 e. The fourth-order valence-corrected chi connectivity index (χ4v) is 2.06. The lowest BCUT2D eigenvalue weighted by Crippen LogP contribution is -2.28. The van der Waals surface area contributed by atoms with E-state index >= 15 is 0 Å². The third-order valence-electron chi connectivity index (χ3n) is 3.03. The summed E-state index contributed by atoms with van der Waals surface area (Å²) in [6.45, 7) is 0.273. The molecule has 0 unspecified atom stereocenters. The van der Waals surface area contributed by atoms with Crippen LogP contribution in [0.1, 0.15) is 5.56 Å². The number of amides is 2. The van der Waals surface area contributed by atoms with E-state index in [1.165, 1.54) is 7.11 Å². The predicted octanol–water partition coefficient (Wildman–Crippen LogP) is 3.21. The van der Waals surface area contributed by atoms with Crippen LogP contribution in [-0.2, 0) is 16.1 Å². The molecule has 0 fully saturated rings. The molecule has 24 heavy (non-hydrogen) atoms. The number of halogens is 1. The van der Waals surface area contributed by atoms with Crippen molar-refractivity contribution in [1.29, 1.82) is 0 Å². The van der Waals surface area contributed by atoms with Gasteiger partial charge in [-0.2, -0.15) is 0 Å². The Morgan fingerprint density at radius 3 is 2.54 bits per heavy atom. The summed E-state index contributed by atoms with van der Waals surface area (Å²) in [5, 5.41) is 5.89. The van der Waals surface area contributed by atoms with Gasteiger partial charge in [-0.25, -0.2) is 4.79 Å². The zero-order valence-corrected chi connectivity index (χ0v) is 13.8. The molecule has 0 radical (unpaired) electrons. The second-order valence-electron chi connectivity index (χ2n) is 4.84. The number of carbonyl (C=O) groups is 2. The average Bonchev–Trinajstić information content (AvgIpc) is 2.59. The maximum absolute atomic E-state index is 11.8. The summed E-state index contributed by atoms with van der Waals surface area (Å²) in [6.07, 6.45) is -0.552. The summed E-state index contributed by atoms with van der Waals surface area (Å²) in [7, 11) is 1.29. The van der Waals surface area contributed by atoms with Gasteiger partial charge in [-0.1, -0.05) is 23.7 Å². The summed E-state index contributed by atoms with van der Waals surface area (Å²) >= 11 is 5.88. The average molecular weight is 349 g/mol. The highest BCUT2D eigenvalue weighted by Gasteiger charge is 2.04. The third-order valence-corrected chi connectivity index (χ3v) is 3.27. The van der Waals surface area contributed by atoms with E-state index in [1.807, 2.05) is 12.1 Å². The maximum Gasteiger partial charge on any atom is 0.411 e. The molecule has 2 rings (SSSR count). The number of ether oxygens (including phenoxy) is 2. The number of methoxy groups -OCH3 is 1. The van der Waals surface area contributed by atoms with Crippen molar-refractivity contribution in [1.82, 2.24) is 5.32 Å². The molecule has 0 aromatic heterocycles. The van der Waals surface area contributed by atoms with Crippen LogP contribution in [0.25, 0.3) is 0 Å². The standard InChI is InChI=1S/C17H17ClN2O4/c1-23-17(22)20-14-5-7-15(8-6-14)24-11-16(21)19-10-12-3-2-4-13(18)9-12/h2-9H,10-11H2,1H3,(H,19,21)(H,20,22). The van der Waals surface area contributed by atoms with Crippen LogP contribution in [0.4, 0.5) is 10.5 Å². The van der Waals surface area contributed by atoms with Crippen molar-refractivity contribution in [3.05, 3.63) is 59.1 Å². The van der Waals surface area contributed by atoms with Crippen LogP contribution in [0.2, 0.25) is 5.02 Å². The first-order valence-corrected chi connectivity index (χ1v) is 7.53.